The number of aryl methyl sites for hydroxylation is 1. The fourth-order valence-corrected chi connectivity index (χ4v) is 3.87. The maximum absolute atomic E-state index is 12.4. The topological polar surface area (TPSA) is 63.2 Å². The Bertz CT molecular complexity index is 1120. The SMILES string of the molecule is CCOc1cc(/C=N\NC(=O)c2ccc(N3CCCC3)cc2)ccc1OCc1ccc(C)cc1. The lowest BCUT2D eigenvalue weighted by Gasteiger charge is -2.17. The third-order valence-corrected chi connectivity index (χ3v) is 5.76. The Hall–Kier alpha value is -3.80. The van der Waals surface area contributed by atoms with Gasteiger partial charge in [-0.3, -0.25) is 4.79 Å². The van der Waals surface area contributed by atoms with Crippen LogP contribution in [-0.2, 0) is 6.61 Å². The Labute approximate surface area is 201 Å². The predicted octanol–water partition coefficient (Wildman–Crippen LogP) is 5.34. The number of benzene rings is 3. The molecule has 0 bridgehead atoms. The molecule has 1 aliphatic rings. The van der Waals surface area contributed by atoms with E-state index in [1.54, 1.807) is 6.21 Å². The Morgan fingerprint density at radius 1 is 0.971 bits per heavy atom. The van der Waals surface area contributed by atoms with Crippen LogP contribution < -0.4 is 19.8 Å². The molecule has 1 N–H and O–H groups in total. The minimum absolute atomic E-state index is 0.243. The van der Waals surface area contributed by atoms with Gasteiger partial charge in [0, 0.05) is 24.3 Å². The fourth-order valence-electron chi connectivity index (χ4n) is 3.87. The average Bonchev–Trinajstić information content (AvgIpc) is 3.40. The van der Waals surface area contributed by atoms with Crippen molar-refractivity contribution in [2.24, 2.45) is 5.10 Å². The zero-order valence-corrected chi connectivity index (χ0v) is 19.8. The van der Waals surface area contributed by atoms with Gasteiger partial charge in [-0.25, -0.2) is 5.43 Å². The summed E-state index contributed by atoms with van der Waals surface area (Å²) in [5.41, 5.74) is 7.45. The molecule has 1 heterocycles. The summed E-state index contributed by atoms with van der Waals surface area (Å²) < 4.78 is 11.7. The van der Waals surface area contributed by atoms with E-state index in [2.05, 4.69) is 46.6 Å². The van der Waals surface area contributed by atoms with Crippen LogP contribution in [0.4, 0.5) is 5.69 Å². The van der Waals surface area contributed by atoms with E-state index >= 15 is 0 Å². The minimum Gasteiger partial charge on any atom is -0.490 e. The standard InChI is InChI=1S/C28H31N3O3/c1-3-33-27-18-23(10-15-26(27)34-20-22-8-6-21(2)7-9-22)19-29-30-28(32)24-11-13-25(14-12-24)31-16-4-5-17-31/h6-15,18-19H,3-5,16-17,20H2,1-2H3,(H,30,32)/b29-19-. The monoisotopic (exact) mass is 457 g/mol. The normalized spacial score (nSPS) is 13.3. The molecule has 1 saturated heterocycles. The van der Waals surface area contributed by atoms with Crippen LogP contribution in [0.15, 0.2) is 71.8 Å². The molecule has 0 radical (unpaired) electrons. The van der Waals surface area contributed by atoms with Gasteiger partial charge >= 0.3 is 0 Å². The Morgan fingerprint density at radius 2 is 1.71 bits per heavy atom. The van der Waals surface area contributed by atoms with Gasteiger partial charge in [-0.15, -0.1) is 0 Å². The maximum atomic E-state index is 12.4. The van der Waals surface area contributed by atoms with E-state index in [0.29, 0.717) is 30.3 Å². The number of nitrogens with one attached hydrogen (secondary N) is 1. The Balaban J connectivity index is 1.35. The summed E-state index contributed by atoms with van der Waals surface area (Å²) in [5, 5.41) is 4.12. The molecule has 176 valence electrons. The van der Waals surface area contributed by atoms with E-state index < -0.39 is 0 Å². The van der Waals surface area contributed by atoms with Crippen molar-refractivity contribution in [3.63, 3.8) is 0 Å². The summed E-state index contributed by atoms with van der Waals surface area (Å²) in [4.78, 5) is 14.8. The number of anilines is 1. The van der Waals surface area contributed by atoms with Crippen molar-refractivity contribution in [1.82, 2.24) is 5.43 Å². The molecule has 3 aromatic carbocycles. The lowest BCUT2D eigenvalue weighted by molar-refractivity contribution is 0.0955. The van der Waals surface area contributed by atoms with Crippen molar-refractivity contribution >= 4 is 17.8 Å². The van der Waals surface area contributed by atoms with Crippen LogP contribution in [0, 0.1) is 6.92 Å². The number of amides is 1. The summed E-state index contributed by atoms with van der Waals surface area (Å²) in [6.45, 7) is 7.13. The average molecular weight is 458 g/mol. The van der Waals surface area contributed by atoms with E-state index in [1.165, 1.54) is 18.4 Å². The molecule has 0 aromatic heterocycles. The Morgan fingerprint density at radius 3 is 2.41 bits per heavy atom. The van der Waals surface area contributed by atoms with Gasteiger partial charge in [0.15, 0.2) is 11.5 Å². The van der Waals surface area contributed by atoms with E-state index in [4.69, 9.17) is 9.47 Å². The Kier molecular flexibility index (Phi) is 7.81. The minimum atomic E-state index is -0.243. The zero-order valence-electron chi connectivity index (χ0n) is 19.8. The molecule has 0 unspecified atom stereocenters. The first-order valence-corrected chi connectivity index (χ1v) is 11.8. The summed E-state index contributed by atoms with van der Waals surface area (Å²) in [7, 11) is 0. The van der Waals surface area contributed by atoms with Gasteiger partial charge < -0.3 is 14.4 Å². The third-order valence-electron chi connectivity index (χ3n) is 5.76. The molecule has 6 heteroatoms. The first kappa shape index (κ1) is 23.4. The summed E-state index contributed by atoms with van der Waals surface area (Å²) in [6, 6.07) is 21.5. The van der Waals surface area contributed by atoms with E-state index in [9.17, 15) is 4.79 Å². The van der Waals surface area contributed by atoms with Crippen LogP contribution in [0.5, 0.6) is 11.5 Å². The van der Waals surface area contributed by atoms with Crippen molar-refractivity contribution in [2.45, 2.75) is 33.3 Å². The molecule has 0 spiro atoms. The van der Waals surface area contributed by atoms with Crippen molar-refractivity contribution in [1.29, 1.82) is 0 Å². The highest BCUT2D eigenvalue weighted by Gasteiger charge is 2.13. The number of hydrazone groups is 1. The smallest absolute Gasteiger partial charge is 0.271 e. The number of ether oxygens (including phenoxy) is 2. The second-order valence-electron chi connectivity index (χ2n) is 8.35. The van der Waals surface area contributed by atoms with Crippen LogP contribution >= 0.6 is 0 Å². The van der Waals surface area contributed by atoms with Gasteiger partial charge in [-0.05, 0) is 80.3 Å². The summed E-state index contributed by atoms with van der Waals surface area (Å²) in [5.74, 6) is 1.07. The summed E-state index contributed by atoms with van der Waals surface area (Å²) in [6.07, 6.45) is 4.05. The van der Waals surface area contributed by atoms with Gasteiger partial charge in [0.1, 0.15) is 6.61 Å². The second kappa shape index (κ2) is 11.4. The molecular formula is C28H31N3O3. The number of hydrogen-bond acceptors (Lipinski definition) is 5. The third kappa shape index (κ3) is 6.16. The number of carbonyl (C=O) groups excluding carboxylic acids is 1. The molecule has 1 fully saturated rings. The number of carbonyl (C=O) groups is 1. The van der Waals surface area contributed by atoms with E-state index in [1.807, 2.05) is 49.4 Å². The van der Waals surface area contributed by atoms with Crippen LogP contribution in [0.25, 0.3) is 0 Å². The molecule has 1 amide bonds. The molecule has 34 heavy (non-hydrogen) atoms. The van der Waals surface area contributed by atoms with Crippen molar-refractivity contribution in [2.75, 3.05) is 24.6 Å². The molecule has 6 nitrogen and oxygen atoms in total. The lowest BCUT2D eigenvalue weighted by atomic mass is 10.2. The first-order chi connectivity index (χ1) is 16.6. The van der Waals surface area contributed by atoms with E-state index in [-0.39, 0.29) is 5.91 Å². The van der Waals surface area contributed by atoms with Crippen LogP contribution in [0.2, 0.25) is 0 Å². The predicted molar refractivity (Wildman–Crippen MR) is 136 cm³/mol. The molecule has 0 aliphatic carbocycles. The molecule has 0 saturated carbocycles. The van der Waals surface area contributed by atoms with Crippen molar-refractivity contribution in [3.8, 4) is 11.5 Å². The van der Waals surface area contributed by atoms with Crippen LogP contribution in [0.1, 0.15) is 46.8 Å². The second-order valence-corrected chi connectivity index (χ2v) is 8.35. The zero-order chi connectivity index (χ0) is 23.8. The highest BCUT2D eigenvalue weighted by Crippen LogP contribution is 2.29. The maximum Gasteiger partial charge on any atom is 0.271 e. The summed E-state index contributed by atoms with van der Waals surface area (Å²) >= 11 is 0. The largest absolute Gasteiger partial charge is 0.490 e. The highest BCUT2D eigenvalue weighted by molar-refractivity contribution is 5.95. The number of hydrogen-bond donors (Lipinski definition) is 1. The first-order valence-electron chi connectivity index (χ1n) is 11.8. The van der Waals surface area contributed by atoms with Gasteiger partial charge in [0.2, 0.25) is 0 Å². The fraction of sp³-hybridized carbons (Fsp3) is 0.286. The lowest BCUT2D eigenvalue weighted by Crippen LogP contribution is -2.19. The molecule has 0 atom stereocenters. The highest BCUT2D eigenvalue weighted by atomic mass is 16.5. The number of nitrogens with zero attached hydrogens (tertiary/aromatic N) is 2. The molecule has 4 rings (SSSR count). The van der Waals surface area contributed by atoms with Crippen LogP contribution in [-0.4, -0.2) is 31.8 Å². The molecule has 3 aromatic rings. The molecular weight excluding hydrogens is 426 g/mol. The van der Waals surface area contributed by atoms with Gasteiger partial charge in [0.05, 0.1) is 12.8 Å². The van der Waals surface area contributed by atoms with Gasteiger partial charge in [0.25, 0.3) is 5.91 Å². The van der Waals surface area contributed by atoms with Crippen molar-refractivity contribution < 1.29 is 14.3 Å². The van der Waals surface area contributed by atoms with Gasteiger partial charge in [-0.1, -0.05) is 29.8 Å². The van der Waals surface area contributed by atoms with Crippen molar-refractivity contribution in [3.05, 3.63) is 89.0 Å². The van der Waals surface area contributed by atoms with Crippen LogP contribution in [0.3, 0.4) is 0 Å². The molecule has 1 aliphatic heterocycles. The van der Waals surface area contributed by atoms with E-state index in [0.717, 1.165) is 29.9 Å². The number of rotatable bonds is 9. The van der Waals surface area contributed by atoms with Gasteiger partial charge in [-0.2, -0.15) is 5.10 Å². The quantitative estimate of drug-likeness (QED) is 0.348.